The molecule has 0 aliphatic heterocycles. The first-order valence-corrected chi connectivity index (χ1v) is 7.70. The summed E-state index contributed by atoms with van der Waals surface area (Å²) in [5.74, 6) is 1.87. The molecule has 1 fully saturated rings. The summed E-state index contributed by atoms with van der Waals surface area (Å²) in [4.78, 5) is 2.66. The highest BCUT2D eigenvalue weighted by Gasteiger charge is 2.21. The Kier molecular flexibility index (Phi) is 6.91. The fraction of sp³-hybridized carbons (Fsp3) is 1.00. The number of hydrogen-bond donors (Lipinski definition) is 0. The SMILES string of the molecule is CCCC(CBr)CN(CC)CC1CCC1. The monoisotopic (exact) mass is 275 g/mol. The van der Waals surface area contributed by atoms with Crippen LogP contribution in [0.5, 0.6) is 0 Å². The average molecular weight is 276 g/mol. The molecule has 1 unspecified atom stereocenters. The lowest BCUT2D eigenvalue weighted by atomic mass is 9.85. The summed E-state index contributed by atoms with van der Waals surface area (Å²) in [6.07, 6.45) is 7.11. The topological polar surface area (TPSA) is 3.24 Å². The molecular formula is C13H26BrN. The average Bonchev–Trinajstić information content (AvgIpc) is 2.20. The molecule has 1 nitrogen and oxygen atoms in total. The largest absolute Gasteiger partial charge is 0.303 e. The smallest absolute Gasteiger partial charge is 0.00718 e. The number of alkyl halides is 1. The van der Waals surface area contributed by atoms with Crippen LogP contribution in [0.2, 0.25) is 0 Å². The van der Waals surface area contributed by atoms with Crippen LogP contribution in [0.1, 0.15) is 46.0 Å². The van der Waals surface area contributed by atoms with Crippen molar-refractivity contribution in [1.82, 2.24) is 4.90 Å². The van der Waals surface area contributed by atoms with Crippen molar-refractivity contribution in [2.45, 2.75) is 46.0 Å². The molecule has 1 aliphatic rings. The van der Waals surface area contributed by atoms with Crippen LogP contribution in [-0.2, 0) is 0 Å². The lowest BCUT2D eigenvalue weighted by Gasteiger charge is -2.33. The molecule has 0 amide bonds. The molecule has 0 aromatic heterocycles. The van der Waals surface area contributed by atoms with Gasteiger partial charge in [-0.1, -0.05) is 42.6 Å². The molecule has 1 rings (SSSR count). The van der Waals surface area contributed by atoms with Crippen molar-refractivity contribution in [2.75, 3.05) is 25.0 Å². The summed E-state index contributed by atoms with van der Waals surface area (Å²) in [6, 6.07) is 0. The standard InChI is InChI=1S/C13H26BrN/c1-3-6-13(9-14)11-15(4-2)10-12-7-5-8-12/h12-13H,3-11H2,1-2H3. The van der Waals surface area contributed by atoms with E-state index in [1.165, 1.54) is 57.1 Å². The predicted molar refractivity (Wildman–Crippen MR) is 71.6 cm³/mol. The van der Waals surface area contributed by atoms with Gasteiger partial charge in [0.25, 0.3) is 0 Å². The Bertz CT molecular complexity index is 157. The third-order valence-corrected chi connectivity index (χ3v) is 4.54. The lowest BCUT2D eigenvalue weighted by Crippen LogP contribution is -2.36. The fourth-order valence-corrected chi connectivity index (χ4v) is 2.89. The van der Waals surface area contributed by atoms with Gasteiger partial charge in [0.2, 0.25) is 0 Å². The van der Waals surface area contributed by atoms with E-state index in [0.29, 0.717) is 0 Å². The minimum absolute atomic E-state index is 0.857. The van der Waals surface area contributed by atoms with Crippen LogP contribution in [0.25, 0.3) is 0 Å². The third kappa shape index (κ3) is 4.86. The molecule has 90 valence electrons. The van der Waals surface area contributed by atoms with Crippen LogP contribution in [-0.4, -0.2) is 29.9 Å². The number of rotatable bonds is 8. The molecule has 0 aromatic carbocycles. The van der Waals surface area contributed by atoms with Gasteiger partial charge in [-0.3, -0.25) is 0 Å². The van der Waals surface area contributed by atoms with Gasteiger partial charge in [-0.15, -0.1) is 0 Å². The van der Waals surface area contributed by atoms with Crippen LogP contribution in [0.4, 0.5) is 0 Å². The Labute approximate surface area is 104 Å². The first-order valence-electron chi connectivity index (χ1n) is 6.58. The molecule has 1 aliphatic carbocycles. The minimum Gasteiger partial charge on any atom is -0.303 e. The van der Waals surface area contributed by atoms with Crippen LogP contribution in [0.15, 0.2) is 0 Å². The predicted octanol–water partition coefficient (Wildman–Crippen LogP) is 3.92. The highest BCUT2D eigenvalue weighted by atomic mass is 79.9. The maximum Gasteiger partial charge on any atom is 0.00718 e. The van der Waals surface area contributed by atoms with Gasteiger partial charge in [-0.05, 0) is 37.6 Å². The molecule has 0 radical (unpaired) electrons. The molecule has 0 heterocycles. The van der Waals surface area contributed by atoms with Crippen molar-refractivity contribution in [3.8, 4) is 0 Å². The summed E-state index contributed by atoms with van der Waals surface area (Å²) in [5.41, 5.74) is 0. The molecule has 0 aromatic rings. The number of hydrogen-bond acceptors (Lipinski definition) is 1. The third-order valence-electron chi connectivity index (χ3n) is 3.62. The van der Waals surface area contributed by atoms with Crippen LogP contribution < -0.4 is 0 Å². The zero-order chi connectivity index (χ0) is 11.1. The maximum absolute atomic E-state index is 3.65. The number of nitrogens with zero attached hydrogens (tertiary/aromatic N) is 1. The quantitative estimate of drug-likeness (QED) is 0.607. The van der Waals surface area contributed by atoms with Gasteiger partial charge < -0.3 is 4.90 Å². The van der Waals surface area contributed by atoms with E-state index < -0.39 is 0 Å². The summed E-state index contributed by atoms with van der Waals surface area (Å²) < 4.78 is 0. The molecule has 1 saturated carbocycles. The van der Waals surface area contributed by atoms with Crippen LogP contribution in [0, 0.1) is 11.8 Å². The Morgan fingerprint density at radius 3 is 2.47 bits per heavy atom. The minimum atomic E-state index is 0.857. The maximum atomic E-state index is 3.65. The van der Waals surface area contributed by atoms with E-state index in [1.807, 2.05) is 0 Å². The summed E-state index contributed by atoms with van der Waals surface area (Å²) in [7, 11) is 0. The molecule has 1 atom stereocenters. The van der Waals surface area contributed by atoms with Gasteiger partial charge in [0.15, 0.2) is 0 Å². The molecule has 0 saturated heterocycles. The molecule has 2 heteroatoms. The first kappa shape index (κ1) is 13.5. The van der Waals surface area contributed by atoms with Crippen LogP contribution in [0.3, 0.4) is 0 Å². The van der Waals surface area contributed by atoms with E-state index >= 15 is 0 Å². The molecular weight excluding hydrogens is 250 g/mol. The van der Waals surface area contributed by atoms with Crippen molar-refractivity contribution >= 4 is 15.9 Å². The summed E-state index contributed by atoms with van der Waals surface area (Å²) in [6.45, 7) is 8.47. The van der Waals surface area contributed by atoms with Gasteiger partial charge in [-0.25, -0.2) is 0 Å². The molecule has 0 N–H and O–H groups in total. The van der Waals surface area contributed by atoms with Crippen molar-refractivity contribution in [3.05, 3.63) is 0 Å². The van der Waals surface area contributed by atoms with Gasteiger partial charge >= 0.3 is 0 Å². The Balaban J connectivity index is 2.23. The lowest BCUT2D eigenvalue weighted by molar-refractivity contribution is 0.165. The summed E-state index contributed by atoms with van der Waals surface area (Å²) in [5, 5.41) is 1.17. The Morgan fingerprint density at radius 2 is 2.07 bits per heavy atom. The molecule has 0 spiro atoms. The zero-order valence-corrected chi connectivity index (χ0v) is 11.9. The van der Waals surface area contributed by atoms with E-state index in [2.05, 4.69) is 34.7 Å². The van der Waals surface area contributed by atoms with E-state index in [1.54, 1.807) is 0 Å². The first-order chi connectivity index (χ1) is 7.30. The second kappa shape index (κ2) is 7.67. The van der Waals surface area contributed by atoms with Crippen molar-refractivity contribution in [2.24, 2.45) is 11.8 Å². The van der Waals surface area contributed by atoms with Gasteiger partial charge in [0.05, 0.1) is 0 Å². The van der Waals surface area contributed by atoms with Gasteiger partial charge in [0, 0.05) is 18.4 Å². The second-order valence-corrected chi connectivity index (χ2v) is 5.61. The Hall–Kier alpha value is 0.440. The number of halogens is 1. The van der Waals surface area contributed by atoms with E-state index in [9.17, 15) is 0 Å². The van der Waals surface area contributed by atoms with Crippen molar-refractivity contribution in [3.63, 3.8) is 0 Å². The van der Waals surface area contributed by atoms with E-state index in [4.69, 9.17) is 0 Å². The Morgan fingerprint density at radius 1 is 1.33 bits per heavy atom. The summed E-state index contributed by atoms with van der Waals surface area (Å²) >= 11 is 3.65. The van der Waals surface area contributed by atoms with Gasteiger partial charge in [-0.2, -0.15) is 0 Å². The van der Waals surface area contributed by atoms with E-state index in [0.717, 1.165) is 11.8 Å². The van der Waals surface area contributed by atoms with Crippen LogP contribution >= 0.6 is 15.9 Å². The highest BCUT2D eigenvalue weighted by molar-refractivity contribution is 9.09. The zero-order valence-electron chi connectivity index (χ0n) is 10.3. The molecule has 0 bridgehead atoms. The van der Waals surface area contributed by atoms with Crippen molar-refractivity contribution < 1.29 is 0 Å². The van der Waals surface area contributed by atoms with Crippen molar-refractivity contribution in [1.29, 1.82) is 0 Å². The molecule has 15 heavy (non-hydrogen) atoms. The highest BCUT2D eigenvalue weighted by Crippen LogP contribution is 2.27. The fourth-order valence-electron chi connectivity index (χ4n) is 2.36. The van der Waals surface area contributed by atoms with Gasteiger partial charge in [0.1, 0.15) is 0 Å². The van der Waals surface area contributed by atoms with E-state index in [-0.39, 0.29) is 0 Å². The normalized spacial score (nSPS) is 19.2. The second-order valence-electron chi connectivity index (χ2n) is 4.96.